The zero-order chi connectivity index (χ0) is 25.8. The van der Waals surface area contributed by atoms with Crippen LogP contribution in [0.15, 0.2) is 48.5 Å². The first-order chi connectivity index (χ1) is 17.2. The van der Waals surface area contributed by atoms with Gasteiger partial charge in [0.2, 0.25) is 0 Å². The van der Waals surface area contributed by atoms with Gasteiger partial charge in [-0.05, 0) is 49.6 Å². The number of alkyl halides is 3. The van der Waals surface area contributed by atoms with Crippen LogP contribution in [-0.4, -0.2) is 51.6 Å². The molecule has 0 amide bonds. The highest BCUT2D eigenvalue weighted by atomic mass is 32.2. The van der Waals surface area contributed by atoms with Crippen LogP contribution in [0.1, 0.15) is 48.1 Å². The van der Waals surface area contributed by atoms with Crippen LogP contribution in [0.4, 0.5) is 18.9 Å². The second-order valence-electron chi connectivity index (χ2n) is 9.27. The Morgan fingerprint density at radius 2 is 1.92 bits per heavy atom. The van der Waals surface area contributed by atoms with Crippen molar-refractivity contribution in [2.75, 3.05) is 37.3 Å². The first-order valence-electron chi connectivity index (χ1n) is 12.2. The van der Waals surface area contributed by atoms with E-state index in [1.54, 1.807) is 0 Å². The summed E-state index contributed by atoms with van der Waals surface area (Å²) in [5, 5.41) is 15.2. The van der Waals surface area contributed by atoms with E-state index >= 15 is 0 Å². The maximum absolute atomic E-state index is 13.5. The van der Waals surface area contributed by atoms with Gasteiger partial charge in [-0.15, -0.1) is 0 Å². The molecule has 1 saturated heterocycles. The van der Waals surface area contributed by atoms with Gasteiger partial charge in [0, 0.05) is 30.3 Å². The molecule has 0 bridgehead atoms. The molecular weight excluding hydrogens is 495 g/mol. The summed E-state index contributed by atoms with van der Waals surface area (Å²) in [4.78, 5) is 0. The molecule has 5 N–H and O–H groups in total. The van der Waals surface area contributed by atoms with Crippen LogP contribution in [0.2, 0.25) is 0 Å². The normalized spacial score (nSPS) is 25.3. The Balaban J connectivity index is 1.49. The topological polar surface area (TPSA) is 104 Å². The number of aliphatic hydroxyl groups excluding tert-OH is 1. The van der Waals surface area contributed by atoms with Gasteiger partial charge < -0.3 is 20.5 Å². The van der Waals surface area contributed by atoms with Crippen LogP contribution in [0.5, 0.6) is 0 Å². The summed E-state index contributed by atoms with van der Waals surface area (Å²) < 4.78 is 72.2. The van der Waals surface area contributed by atoms with Crippen molar-refractivity contribution in [2.45, 2.75) is 43.7 Å². The first-order valence-corrected chi connectivity index (χ1v) is 13.8. The average molecular weight is 529 g/mol. The number of hydrogen-bond acceptors (Lipinski definition) is 5. The van der Waals surface area contributed by atoms with Crippen LogP contribution in [0, 0.1) is 5.92 Å². The maximum atomic E-state index is 13.5. The maximum Gasteiger partial charge on any atom is 0.416 e. The predicted molar refractivity (Wildman–Crippen MR) is 132 cm³/mol. The van der Waals surface area contributed by atoms with Crippen LogP contribution in [0.25, 0.3) is 0 Å². The molecule has 11 heteroatoms. The van der Waals surface area contributed by atoms with E-state index in [0.29, 0.717) is 43.6 Å². The van der Waals surface area contributed by atoms with E-state index in [2.05, 4.69) is 15.4 Å². The van der Waals surface area contributed by atoms with Crippen molar-refractivity contribution in [1.82, 2.24) is 10.0 Å². The third kappa shape index (κ3) is 6.57. The molecule has 7 nitrogen and oxygen atoms in total. The average Bonchev–Trinajstić information content (AvgIpc) is 2.86. The smallest absolute Gasteiger partial charge is 0.395 e. The number of anilines is 1. The largest absolute Gasteiger partial charge is 0.416 e. The Hall–Kier alpha value is -2.18. The lowest BCUT2D eigenvalue weighted by Crippen LogP contribution is -2.43. The number of rotatable bonds is 10. The number of ether oxygens (including phenoxy) is 1. The van der Waals surface area contributed by atoms with Crippen LogP contribution >= 0.6 is 0 Å². The van der Waals surface area contributed by atoms with Crippen molar-refractivity contribution >= 4 is 15.7 Å². The molecule has 2 aliphatic heterocycles. The van der Waals surface area contributed by atoms with Gasteiger partial charge in [-0.1, -0.05) is 30.3 Å². The number of benzene rings is 2. The monoisotopic (exact) mass is 528 g/mol. The molecule has 2 aromatic rings. The van der Waals surface area contributed by atoms with E-state index < -0.39 is 34.0 Å². The van der Waals surface area contributed by atoms with Gasteiger partial charge in [0.15, 0.2) is 0 Å². The molecule has 2 aliphatic rings. The summed E-state index contributed by atoms with van der Waals surface area (Å²) in [6.45, 7) is 1.06. The highest BCUT2D eigenvalue weighted by molar-refractivity contribution is 7.89. The van der Waals surface area contributed by atoms with Crippen molar-refractivity contribution in [1.29, 1.82) is 0 Å². The third-order valence-electron chi connectivity index (χ3n) is 6.73. The van der Waals surface area contributed by atoms with E-state index in [1.807, 2.05) is 30.3 Å². The highest BCUT2D eigenvalue weighted by Gasteiger charge is 2.43. The van der Waals surface area contributed by atoms with Crippen LogP contribution in [0.3, 0.4) is 0 Å². The van der Waals surface area contributed by atoms with Crippen molar-refractivity contribution in [3.63, 3.8) is 0 Å². The second kappa shape index (κ2) is 11.5. The van der Waals surface area contributed by atoms with E-state index in [9.17, 15) is 21.6 Å². The number of fused-ring (bicyclic) bond motifs is 3. The summed E-state index contributed by atoms with van der Waals surface area (Å²) in [5.74, 6) is -0.0437. The van der Waals surface area contributed by atoms with Gasteiger partial charge in [0.25, 0.3) is 0 Å². The Bertz CT molecular complexity index is 1120. The number of aliphatic hydroxyl groups is 1. The fourth-order valence-electron chi connectivity index (χ4n) is 4.97. The fourth-order valence-corrected chi connectivity index (χ4v) is 6.09. The Morgan fingerprint density at radius 1 is 1.14 bits per heavy atom. The van der Waals surface area contributed by atoms with Gasteiger partial charge in [0.05, 0.1) is 30.4 Å². The highest BCUT2D eigenvalue weighted by Crippen LogP contribution is 2.51. The first kappa shape index (κ1) is 26.9. The van der Waals surface area contributed by atoms with Crippen molar-refractivity contribution < 1.29 is 31.4 Å². The number of halogens is 3. The molecule has 36 heavy (non-hydrogen) atoms. The van der Waals surface area contributed by atoms with Crippen LogP contribution in [-0.2, 0) is 20.9 Å². The lowest BCUT2D eigenvalue weighted by molar-refractivity contribution is -0.138. The van der Waals surface area contributed by atoms with Gasteiger partial charge in [0.1, 0.15) is 5.75 Å². The summed E-state index contributed by atoms with van der Waals surface area (Å²) in [5.41, 5.74) is 1.38. The molecule has 0 saturated carbocycles. The molecule has 2 aromatic carbocycles. The lowest BCUT2D eigenvalue weighted by atomic mass is 9.76. The van der Waals surface area contributed by atoms with Gasteiger partial charge >= 0.3 is 16.2 Å². The van der Waals surface area contributed by atoms with Gasteiger partial charge in [-0.2, -0.15) is 22.1 Å². The molecule has 2 heterocycles. The Kier molecular flexibility index (Phi) is 8.56. The SMILES string of the molecule is O=S(=[OH+])(CCCNCCO)NC[C@H]1CC[C@@H]2C(O1)c1cc(C(F)(F)F)ccc1N[C@H]2c1ccccc1. The minimum absolute atomic E-state index is 0.00215. The van der Waals surface area contributed by atoms with Gasteiger partial charge in [-0.25, -0.2) is 4.21 Å². The van der Waals surface area contributed by atoms with E-state index in [4.69, 9.17) is 9.84 Å². The minimum Gasteiger partial charge on any atom is -0.395 e. The second-order valence-corrected chi connectivity index (χ2v) is 11.3. The number of nitrogens with one attached hydrogen (secondary N) is 3. The molecule has 0 aromatic heterocycles. The van der Waals surface area contributed by atoms with Crippen molar-refractivity contribution in [3.05, 3.63) is 65.2 Å². The summed E-state index contributed by atoms with van der Waals surface area (Å²) in [7, 11) is -3.28. The quantitative estimate of drug-likeness (QED) is 0.278. The minimum atomic E-state index is -4.47. The molecular formula is C25H33F3N3O4S+. The zero-order valence-corrected chi connectivity index (χ0v) is 20.7. The Labute approximate surface area is 209 Å². The molecule has 0 radical (unpaired) electrons. The molecule has 4 rings (SSSR count). The van der Waals surface area contributed by atoms with Crippen molar-refractivity contribution in [2.24, 2.45) is 5.92 Å². The van der Waals surface area contributed by atoms with Gasteiger partial charge in [-0.3, -0.25) is 0 Å². The van der Waals surface area contributed by atoms with E-state index in [1.165, 1.54) is 6.07 Å². The number of hydrogen-bond donors (Lipinski definition) is 4. The zero-order valence-electron chi connectivity index (χ0n) is 19.8. The molecule has 0 spiro atoms. The summed E-state index contributed by atoms with van der Waals surface area (Å²) in [6.07, 6.45) is -3.70. The fraction of sp³-hybridized carbons (Fsp3) is 0.520. The summed E-state index contributed by atoms with van der Waals surface area (Å²) in [6, 6.07) is 13.3. The summed E-state index contributed by atoms with van der Waals surface area (Å²) >= 11 is 0. The lowest BCUT2D eigenvalue weighted by Gasteiger charge is -2.45. The molecule has 0 aliphatic carbocycles. The third-order valence-corrected chi connectivity index (χ3v) is 8.19. The molecule has 2 unspecified atom stereocenters. The Morgan fingerprint density at radius 3 is 2.64 bits per heavy atom. The standard InChI is InChI=1S/C25H32F3N3O4S/c26-25(27,28)18-7-10-22-21(15-18)24-20(23(31-22)17-5-2-1-3-6-17)9-8-19(35-24)16-30-36(33,34)14-4-11-29-12-13-32/h1-3,5-7,10,15,19-20,23-24,29,31-32H,4,8-9,11-14,16H2,(H,30,33,34)/p+1/t19-,20+,23+,24?/m1/s1. The van der Waals surface area contributed by atoms with Crippen molar-refractivity contribution in [3.8, 4) is 0 Å². The molecule has 198 valence electrons. The van der Waals surface area contributed by atoms with E-state index in [-0.39, 0.29) is 30.9 Å². The molecule has 5 atom stereocenters. The predicted octanol–water partition coefficient (Wildman–Crippen LogP) is 3.76. The molecule has 1 fully saturated rings. The van der Waals surface area contributed by atoms with E-state index in [0.717, 1.165) is 17.7 Å². The van der Waals surface area contributed by atoms with Crippen LogP contribution < -0.4 is 15.4 Å².